The van der Waals surface area contributed by atoms with E-state index in [1.54, 1.807) is 0 Å². The average molecular weight is 463 g/mol. The number of thiocarbonyl (C=S) groups is 2. The number of hydrogen-bond donors (Lipinski definition) is 4. The molecule has 0 aromatic heterocycles. The zero-order valence-electron chi connectivity index (χ0n) is 18.7. The van der Waals surface area contributed by atoms with E-state index in [0.717, 1.165) is 11.4 Å². The van der Waals surface area contributed by atoms with Crippen molar-refractivity contribution in [1.82, 2.24) is 10.6 Å². The van der Waals surface area contributed by atoms with Crippen molar-refractivity contribution < 1.29 is 0 Å². The van der Waals surface area contributed by atoms with Crippen molar-refractivity contribution in [1.29, 1.82) is 0 Å². The summed E-state index contributed by atoms with van der Waals surface area (Å²) in [6, 6.07) is 26.5. The molecule has 0 aliphatic heterocycles. The van der Waals surface area contributed by atoms with Crippen molar-refractivity contribution in [3.05, 3.63) is 95.6 Å². The Morgan fingerprint density at radius 3 is 1.44 bits per heavy atom. The lowest BCUT2D eigenvalue weighted by Crippen LogP contribution is -2.29. The van der Waals surface area contributed by atoms with E-state index in [2.05, 4.69) is 60.2 Å². The maximum Gasteiger partial charge on any atom is 0.171 e. The minimum Gasteiger partial charge on any atom is -0.358 e. The van der Waals surface area contributed by atoms with E-state index in [1.165, 1.54) is 16.7 Å². The lowest BCUT2D eigenvalue weighted by molar-refractivity contribution is 0.587. The van der Waals surface area contributed by atoms with Crippen molar-refractivity contribution in [3.8, 4) is 0 Å². The number of anilines is 2. The third kappa shape index (κ3) is 7.62. The van der Waals surface area contributed by atoms with Gasteiger partial charge in [-0.15, -0.1) is 0 Å². The Kier molecular flexibility index (Phi) is 8.20. The van der Waals surface area contributed by atoms with Gasteiger partial charge in [0.2, 0.25) is 0 Å². The van der Waals surface area contributed by atoms with E-state index in [1.807, 2.05) is 60.7 Å². The number of hydrogen-bond acceptors (Lipinski definition) is 2. The number of nitrogens with one attached hydrogen (secondary N) is 4. The van der Waals surface area contributed by atoms with Gasteiger partial charge in [0.1, 0.15) is 0 Å². The Morgan fingerprint density at radius 1 is 0.656 bits per heavy atom. The molecule has 4 nitrogen and oxygen atoms in total. The summed E-state index contributed by atoms with van der Waals surface area (Å²) in [4.78, 5) is 0. The van der Waals surface area contributed by atoms with Crippen LogP contribution < -0.4 is 21.3 Å². The predicted molar refractivity (Wildman–Crippen MR) is 144 cm³/mol. The Balaban J connectivity index is 1.63. The van der Waals surface area contributed by atoms with Crippen LogP contribution in [0, 0.1) is 0 Å². The fourth-order valence-corrected chi connectivity index (χ4v) is 3.54. The molecular weight excluding hydrogens is 432 g/mol. The van der Waals surface area contributed by atoms with Crippen molar-refractivity contribution in [2.24, 2.45) is 0 Å². The molecule has 0 aliphatic carbocycles. The second kappa shape index (κ2) is 11.1. The highest BCUT2D eigenvalue weighted by Crippen LogP contribution is 2.25. The van der Waals surface area contributed by atoms with Gasteiger partial charge < -0.3 is 21.3 Å². The first-order valence-electron chi connectivity index (χ1n) is 10.6. The van der Waals surface area contributed by atoms with Crippen LogP contribution in [0.1, 0.15) is 37.5 Å². The molecule has 6 heteroatoms. The molecule has 0 saturated heterocycles. The van der Waals surface area contributed by atoms with Crippen LogP contribution in [0.5, 0.6) is 0 Å². The SMILES string of the molecule is CC(C)(C)c1cc(CNC(=S)Nc2ccccc2)cc(CNC(=S)Nc2ccccc2)c1. The molecule has 166 valence electrons. The zero-order valence-corrected chi connectivity index (χ0v) is 20.4. The van der Waals surface area contributed by atoms with Gasteiger partial charge in [-0.3, -0.25) is 0 Å². The summed E-state index contributed by atoms with van der Waals surface area (Å²) in [6.45, 7) is 7.95. The largest absolute Gasteiger partial charge is 0.358 e. The molecule has 0 saturated carbocycles. The summed E-state index contributed by atoms with van der Waals surface area (Å²) in [6.07, 6.45) is 0. The van der Waals surface area contributed by atoms with Crippen molar-refractivity contribution in [3.63, 3.8) is 0 Å². The van der Waals surface area contributed by atoms with Crippen molar-refractivity contribution >= 4 is 46.0 Å². The maximum absolute atomic E-state index is 5.46. The molecule has 3 aromatic rings. The molecule has 0 bridgehead atoms. The lowest BCUT2D eigenvalue weighted by Gasteiger charge is -2.22. The first-order valence-corrected chi connectivity index (χ1v) is 11.4. The Morgan fingerprint density at radius 2 is 1.06 bits per heavy atom. The molecule has 0 radical (unpaired) electrons. The van der Waals surface area contributed by atoms with E-state index < -0.39 is 0 Å². The smallest absolute Gasteiger partial charge is 0.171 e. The van der Waals surface area contributed by atoms with Gasteiger partial charge in [-0.2, -0.15) is 0 Å². The third-order valence-corrected chi connectivity index (χ3v) is 5.38. The molecule has 32 heavy (non-hydrogen) atoms. The van der Waals surface area contributed by atoms with E-state index >= 15 is 0 Å². The van der Waals surface area contributed by atoms with E-state index in [4.69, 9.17) is 24.4 Å². The fourth-order valence-electron chi connectivity index (χ4n) is 3.16. The van der Waals surface area contributed by atoms with Gasteiger partial charge in [0.05, 0.1) is 0 Å². The molecule has 0 unspecified atom stereocenters. The van der Waals surface area contributed by atoms with Gasteiger partial charge >= 0.3 is 0 Å². The second-order valence-corrected chi connectivity index (χ2v) is 9.45. The summed E-state index contributed by atoms with van der Waals surface area (Å²) in [5.41, 5.74) is 5.60. The Hall–Kier alpha value is -2.96. The molecule has 0 atom stereocenters. The van der Waals surface area contributed by atoms with Gasteiger partial charge in [-0.1, -0.05) is 75.4 Å². The first kappa shape index (κ1) is 23.7. The predicted octanol–water partition coefficient (Wildman–Crippen LogP) is 5.96. The molecule has 3 aromatic carbocycles. The second-order valence-electron chi connectivity index (χ2n) is 8.64. The topological polar surface area (TPSA) is 48.1 Å². The number of benzene rings is 3. The summed E-state index contributed by atoms with van der Waals surface area (Å²) < 4.78 is 0. The molecule has 0 amide bonds. The fraction of sp³-hybridized carbons (Fsp3) is 0.231. The van der Waals surface area contributed by atoms with Gasteiger partial charge in [-0.05, 0) is 70.8 Å². The van der Waals surface area contributed by atoms with Gasteiger partial charge in [0.15, 0.2) is 10.2 Å². The molecule has 0 heterocycles. The summed E-state index contributed by atoms with van der Waals surface area (Å²) in [7, 11) is 0. The van der Waals surface area contributed by atoms with Crippen LogP contribution >= 0.6 is 24.4 Å². The molecule has 0 spiro atoms. The molecule has 0 aliphatic rings. The van der Waals surface area contributed by atoms with Crippen LogP contribution in [0.15, 0.2) is 78.9 Å². The highest BCUT2D eigenvalue weighted by Gasteiger charge is 2.15. The third-order valence-electron chi connectivity index (χ3n) is 4.89. The van der Waals surface area contributed by atoms with Gasteiger partial charge in [0, 0.05) is 24.5 Å². The van der Waals surface area contributed by atoms with Crippen molar-refractivity contribution in [2.45, 2.75) is 39.3 Å². The molecule has 0 fully saturated rings. The lowest BCUT2D eigenvalue weighted by atomic mass is 9.85. The standard InChI is InChI=1S/C26H30N4S2/c1-26(2,3)21-15-19(17-27-24(31)29-22-10-6-4-7-11-22)14-20(16-21)18-28-25(32)30-23-12-8-5-9-13-23/h4-16H,17-18H2,1-3H3,(H2,27,29,31)(H2,28,30,32). The Bertz CT molecular complexity index is 969. The molecule has 4 N–H and O–H groups in total. The van der Waals surface area contributed by atoms with Crippen LogP contribution in [0.3, 0.4) is 0 Å². The minimum absolute atomic E-state index is 0.0381. The van der Waals surface area contributed by atoms with Crippen LogP contribution in [-0.4, -0.2) is 10.2 Å². The van der Waals surface area contributed by atoms with E-state index in [-0.39, 0.29) is 5.41 Å². The highest BCUT2D eigenvalue weighted by atomic mass is 32.1. The van der Waals surface area contributed by atoms with E-state index in [0.29, 0.717) is 23.3 Å². The van der Waals surface area contributed by atoms with Gasteiger partial charge in [0.25, 0.3) is 0 Å². The van der Waals surface area contributed by atoms with Crippen LogP contribution in [0.2, 0.25) is 0 Å². The number of para-hydroxylation sites is 2. The van der Waals surface area contributed by atoms with Crippen molar-refractivity contribution in [2.75, 3.05) is 10.6 Å². The number of rotatable bonds is 6. The molecule has 3 rings (SSSR count). The first-order chi connectivity index (χ1) is 15.3. The quantitative estimate of drug-likeness (QED) is 0.339. The highest BCUT2D eigenvalue weighted by molar-refractivity contribution is 7.80. The summed E-state index contributed by atoms with van der Waals surface area (Å²) in [5, 5.41) is 14.3. The van der Waals surface area contributed by atoms with Gasteiger partial charge in [-0.25, -0.2) is 0 Å². The van der Waals surface area contributed by atoms with Crippen LogP contribution in [0.4, 0.5) is 11.4 Å². The summed E-state index contributed by atoms with van der Waals surface area (Å²) >= 11 is 10.9. The Labute approximate surface area is 201 Å². The van der Waals surface area contributed by atoms with Crippen LogP contribution in [-0.2, 0) is 18.5 Å². The monoisotopic (exact) mass is 462 g/mol. The van der Waals surface area contributed by atoms with Crippen LogP contribution in [0.25, 0.3) is 0 Å². The van der Waals surface area contributed by atoms with E-state index in [9.17, 15) is 0 Å². The average Bonchev–Trinajstić information content (AvgIpc) is 2.77. The maximum atomic E-state index is 5.46. The minimum atomic E-state index is 0.0381. The zero-order chi connectivity index (χ0) is 23.0. The summed E-state index contributed by atoms with van der Waals surface area (Å²) in [5.74, 6) is 0. The molecular formula is C26H30N4S2. The normalized spacial score (nSPS) is 10.8.